The van der Waals surface area contributed by atoms with Crippen LogP contribution in [0, 0.1) is 6.92 Å². The van der Waals surface area contributed by atoms with Crippen LogP contribution in [0.15, 0.2) is 81.9 Å². The Morgan fingerprint density at radius 3 is 2.50 bits per heavy atom. The number of carbonyl (C=O) groups excluding carboxylic acids is 2. The van der Waals surface area contributed by atoms with Crippen LogP contribution in [0.4, 0.5) is 0 Å². The van der Waals surface area contributed by atoms with Gasteiger partial charge in [-0.1, -0.05) is 48.5 Å². The number of ether oxygens (including phenoxy) is 1. The smallest absolute Gasteiger partial charge is 0.253 e. The third-order valence-corrected chi connectivity index (χ3v) is 9.87. The first-order valence-corrected chi connectivity index (χ1v) is 17.5. The van der Waals surface area contributed by atoms with Crippen LogP contribution in [-0.2, 0) is 29.5 Å². The van der Waals surface area contributed by atoms with Crippen molar-refractivity contribution in [3.8, 4) is 5.75 Å². The topological polar surface area (TPSA) is 154 Å². The number of nitrogens with one attached hydrogen (secondary N) is 2. The first kappa shape index (κ1) is 35.0. The van der Waals surface area contributed by atoms with Crippen molar-refractivity contribution in [2.45, 2.75) is 55.9 Å². The average molecular weight is 689 g/mol. The number of rotatable bonds is 13. The minimum absolute atomic E-state index is 0.0836. The summed E-state index contributed by atoms with van der Waals surface area (Å²) in [6, 6.07) is 19.8. The van der Waals surface area contributed by atoms with E-state index in [1.54, 1.807) is 29.8 Å². The number of methoxy groups -OCH3 is 1. The van der Waals surface area contributed by atoms with Crippen LogP contribution in [0.25, 0.3) is 0 Å². The number of nitrogens with zero attached hydrogens (tertiary/aromatic N) is 5. The monoisotopic (exact) mass is 688 g/mol. The fourth-order valence-corrected chi connectivity index (χ4v) is 6.81. The highest BCUT2D eigenvalue weighted by atomic mass is 32.2. The summed E-state index contributed by atoms with van der Waals surface area (Å²) in [5.74, 6) is 0.779. The molecule has 1 aliphatic heterocycles. The van der Waals surface area contributed by atoms with Crippen LogP contribution < -0.4 is 15.4 Å². The van der Waals surface area contributed by atoms with Gasteiger partial charge in [0, 0.05) is 30.0 Å². The SMILES string of the molecule is CCNC(C)c1cc(C(=O)NCc2nnc(SCC(=O)N3N=C(c4ccc(OC)cc4)CC3c3ccc(C)cc3)n2C)ccc1S(=O)[O-]. The van der Waals surface area contributed by atoms with Crippen molar-refractivity contribution in [2.75, 3.05) is 19.4 Å². The molecule has 2 amide bonds. The molecule has 3 unspecified atom stereocenters. The van der Waals surface area contributed by atoms with Crippen LogP contribution in [0.1, 0.15) is 70.8 Å². The largest absolute Gasteiger partial charge is 0.768 e. The van der Waals surface area contributed by atoms with Gasteiger partial charge in [0.25, 0.3) is 11.8 Å². The summed E-state index contributed by atoms with van der Waals surface area (Å²) in [5.41, 5.74) is 4.72. The van der Waals surface area contributed by atoms with E-state index in [-0.39, 0.29) is 41.1 Å². The highest BCUT2D eigenvalue weighted by Gasteiger charge is 2.33. The normalized spacial score (nSPS) is 15.6. The molecule has 0 aliphatic carbocycles. The van der Waals surface area contributed by atoms with E-state index in [9.17, 15) is 18.4 Å². The molecule has 2 N–H and O–H groups in total. The Balaban J connectivity index is 1.25. The van der Waals surface area contributed by atoms with Gasteiger partial charge in [-0.15, -0.1) is 10.2 Å². The molecule has 1 aromatic heterocycles. The zero-order valence-electron chi connectivity index (χ0n) is 27.4. The van der Waals surface area contributed by atoms with E-state index in [0.717, 1.165) is 28.2 Å². The summed E-state index contributed by atoms with van der Waals surface area (Å²) in [7, 11) is 3.39. The molecule has 0 spiro atoms. The summed E-state index contributed by atoms with van der Waals surface area (Å²) >= 11 is -1.19. The maximum atomic E-state index is 13.6. The molecule has 5 rings (SSSR count). The molecule has 4 aromatic rings. The lowest BCUT2D eigenvalue weighted by Gasteiger charge is -2.22. The lowest BCUT2D eigenvalue weighted by atomic mass is 9.97. The van der Waals surface area contributed by atoms with Crippen LogP contribution in [0.3, 0.4) is 0 Å². The number of hydrogen-bond donors (Lipinski definition) is 2. The Morgan fingerprint density at radius 2 is 1.83 bits per heavy atom. The highest BCUT2D eigenvalue weighted by Crippen LogP contribution is 2.34. The number of benzene rings is 3. The van der Waals surface area contributed by atoms with Gasteiger partial charge in [0.05, 0.1) is 31.2 Å². The van der Waals surface area contributed by atoms with Gasteiger partial charge in [0.2, 0.25) is 0 Å². The third kappa shape index (κ3) is 8.01. The molecule has 3 aromatic carbocycles. The molecule has 2 heterocycles. The molecule has 14 heteroatoms. The second-order valence-corrected chi connectivity index (χ2v) is 13.2. The summed E-state index contributed by atoms with van der Waals surface area (Å²) < 4.78 is 30.5. The van der Waals surface area contributed by atoms with E-state index in [2.05, 4.69) is 20.8 Å². The molecule has 3 atom stereocenters. The Labute approximate surface area is 286 Å². The van der Waals surface area contributed by atoms with E-state index in [1.165, 1.54) is 23.9 Å². The van der Waals surface area contributed by atoms with Crippen LogP contribution in [0.5, 0.6) is 5.75 Å². The summed E-state index contributed by atoms with van der Waals surface area (Å²) in [6.07, 6.45) is 0.576. The average Bonchev–Trinajstić information content (AvgIpc) is 3.70. The Bertz CT molecular complexity index is 1830. The predicted molar refractivity (Wildman–Crippen MR) is 184 cm³/mol. The maximum absolute atomic E-state index is 13.6. The molecular weight excluding hydrogens is 651 g/mol. The summed E-state index contributed by atoms with van der Waals surface area (Å²) in [6.45, 7) is 6.52. The van der Waals surface area contributed by atoms with Gasteiger partial charge in [0.15, 0.2) is 11.0 Å². The van der Waals surface area contributed by atoms with Crippen molar-refractivity contribution in [3.63, 3.8) is 0 Å². The van der Waals surface area contributed by atoms with Gasteiger partial charge in [-0.05, 0) is 90.6 Å². The highest BCUT2D eigenvalue weighted by molar-refractivity contribution is 7.99. The van der Waals surface area contributed by atoms with Crippen LogP contribution in [0.2, 0.25) is 0 Å². The molecule has 0 saturated heterocycles. The molecule has 12 nitrogen and oxygen atoms in total. The number of aromatic nitrogens is 3. The molecule has 0 bridgehead atoms. The van der Waals surface area contributed by atoms with Crippen molar-refractivity contribution in [1.29, 1.82) is 0 Å². The van der Waals surface area contributed by atoms with Crippen molar-refractivity contribution >= 4 is 40.4 Å². The van der Waals surface area contributed by atoms with Gasteiger partial charge in [-0.3, -0.25) is 13.8 Å². The maximum Gasteiger partial charge on any atom is 0.253 e. The molecule has 1 aliphatic rings. The Morgan fingerprint density at radius 1 is 1.10 bits per heavy atom. The summed E-state index contributed by atoms with van der Waals surface area (Å²) in [4.78, 5) is 26.8. The standard InChI is InChI=1S/C34H39N7O5S2/c1-6-35-22(3)27-17-25(13-16-30(27)48(44)45)33(43)36-19-31-37-38-34(40(31)4)47-20-32(42)41-29(24-9-7-21(2)8-10-24)18-28(39-41)23-11-14-26(46-5)15-12-23/h7-17,22,29,35H,6,18-20H2,1-5H3,(H,36,43)(H,44,45)/p-1. The first-order chi connectivity index (χ1) is 23.1. The van der Waals surface area contributed by atoms with Crippen molar-refractivity contribution in [2.24, 2.45) is 12.1 Å². The zero-order valence-corrected chi connectivity index (χ0v) is 29.1. The lowest BCUT2D eigenvalue weighted by molar-refractivity contribution is -0.130. The fraction of sp³-hybridized carbons (Fsp3) is 0.324. The van der Waals surface area contributed by atoms with Gasteiger partial charge >= 0.3 is 0 Å². The first-order valence-electron chi connectivity index (χ1n) is 15.5. The third-order valence-electron chi connectivity index (χ3n) is 8.14. The zero-order chi connectivity index (χ0) is 34.4. The number of carbonyl (C=O) groups is 2. The number of thioether (sulfide) groups is 1. The van der Waals surface area contributed by atoms with E-state index in [0.29, 0.717) is 35.1 Å². The quantitative estimate of drug-likeness (QED) is 0.153. The van der Waals surface area contributed by atoms with E-state index in [1.807, 2.05) is 69.3 Å². The van der Waals surface area contributed by atoms with Crippen molar-refractivity contribution in [3.05, 3.63) is 100 Å². The number of hydrazone groups is 1. The fourth-order valence-electron chi connectivity index (χ4n) is 5.42. The van der Waals surface area contributed by atoms with Crippen molar-refractivity contribution < 1.29 is 23.1 Å². The van der Waals surface area contributed by atoms with E-state index in [4.69, 9.17) is 9.84 Å². The molecule has 252 valence electrons. The summed E-state index contributed by atoms with van der Waals surface area (Å²) in [5, 5.41) is 21.3. The minimum Gasteiger partial charge on any atom is -0.768 e. The second kappa shape index (κ2) is 15.7. The van der Waals surface area contributed by atoms with Crippen molar-refractivity contribution in [1.82, 2.24) is 30.4 Å². The van der Waals surface area contributed by atoms with E-state index < -0.39 is 11.1 Å². The van der Waals surface area contributed by atoms with Gasteiger partial charge in [-0.25, -0.2) is 5.01 Å². The molecule has 0 saturated carbocycles. The number of aryl methyl sites for hydroxylation is 1. The second-order valence-electron chi connectivity index (χ2n) is 11.3. The number of hydrogen-bond acceptors (Lipinski definition) is 10. The molecule has 0 radical (unpaired) electrons. The molecule has 48 heavy (non-hydrogen) atoms. The minimum atomic E-state index is -2.44. The number of amides is 2. The van der Waals surface area contributed by atoms with E-state index >= 15 is 0 Å². The predicted octanol–water partition coefficient (Wildman–Crippen LogP) is 4.44. The van der Waals surface area contributed by atoms with Crippen LogP contribution >= 0.6 is 11.8 Å². The molecule has 0 fully saturated rings. The van der Waals surface area contributed by atoms with Gasteiger partial charge in [-0.2, -0.15) is 5.10 Å². The van der Waals surface area contributed by atoms with Crippen LogP contribution in [-0.4, -0.2) is 65.5 Å². The van der Waals surface area contributed by atoms with Gasteiger partial charge < -0.3 is 24.5 Å². The Hall–Kier alpha value is -4.37. The molecular formula is C34H38N7O5S2-. The Kier molecular flexibility index (Phi) is 11.4. The lowest BCUT2D eigenvalue weighted by Crippen LogP contribution is -2.28. The van der Waals surface area contributed by atoms with Gasteiger partial charge in [0.1, 0.15) is 5.75 Å².